The number of hydrogen-bond donors (Lipinski definition) is 1. The highest BCUT2D eigenvalue weighted by atomic mass is 16.5. The van der Waals surface area contributed by atoms with E-state index in [1.807, 2.05) is 6.20 Å². The van der Waals surface area contributed by atoms with Gasteiger partial charge in [-0.2, -0.15) is 0 Å². The molecule has 0 spiro atoms. The van der Waals surface area contributed by atoms with Crippen LogP contribution in [0.25, 0.3) is 0 Å². The van der Waals surface area contributed by atoms with Gasteiger partial charge in [-0.15, -0.1) is 0 Å². The van der Waals surface area contributed by atoms with Crippen LogP contribution in [0.3, 0.4) is 0 Å². The number of nitrogens with zero attached hydrogens (tertiary/aromatic N) is 4. The van der Waals surface area contributed by atoms with Gasteiger partial charge in [-0.25, -0.2) is 4.98 Å². The molecule has 1 aromatic heterocycles. The van der Waals surface area contributed by atoms with Crippen molar-refractivity contribution in [2.24, 2.45) is 0 Å². The van der Waals surface area contributed by atoms with Crippen LogP contribution in [-0.2, 0) is 16.1 Å². The van der Waals surface area contributed by atoms with Gasteiger partial charge in [-0.1, -0.05) is 0 Å². The van der Waals surface area contributed by atoms with E-state index in [1.54, 1.807) is 6.33 Å². The number of ether oxygens (including phenoxy) is 1. The van der Waals surface area contributed by atoms with Crippen LogP contribution in [0.2, 0.25) is 0 Å². The molecule has 4 heterocycles. The van der Waals surface area contributed by atoms with Crippen molar-refractivity contribution in [1.82, 2.24) is 24.7 Å². The highest BCUT2D eigenvalue weighted by molar-refractivity contribution is 5.83. The zero-order chi connectivity index (χ0) is 17.1. The number of hydrogen-bond acceptors (Lipinski definition) is 5. The van der Waals surface area contributed by atoms with Gasteiger partial charge in [-0.05, 0) is 25.7 Å². The monoisotopic (exact) mass is 347 g/mol. The van der Waals surface area contributed by atoms with Crippen molar-refractivity contribution in [3.8, 4) is 0 Å². The summed E-state index contributed by atoms with van der Waals surface area (Å²) in [6.45, 7) is 7.43. The lowest BCUT2D eigenvalue weighted by atomic mass is 9.97. The minimum atomic E-state index is 0.0888. The van der Waals surface area contributed by atoms with E-state index in [0.29, 0.717) is 11.9 Å². The third-order valence-corrected chi connectivity index (χ3v) is 5.87. The summed E-state index contributed by atoms with van der Waals surface area (Å²) in [5, 5.41) is 0. The minimum Gasteiger partial charge on any atom is -0.381 e. The lowest BCUT2D eigenvalue weighted by Crippen LogP contribution is -2.59. The lowest BCUT2D eigenvalue weighted by molar-refractivity contribution is -0.145. The van der Waals surface area contributed by atoms with E-state index in [0.717, 1.165) is 83.9 Å². The smallest absolute Gasteiger partial charge is 0.240 e. The zero-order valence-electron chi connectivity index (χ0n) is 14.9. The summed E-state index contributed by atoms with van der Waals surface area (Å²) in [5.41, 5.74) is 1.16. The summed E-state index contributed by atoms with van der Waals surface area (Å²) < 4.78 is 5.46. The van der Waals surface area contributed by atoms with Crippen LogP contribution in [0.1, 0.15) is 31.4 Å². The normalized spacial score (nSPS) is 27.8. The van der Waals surface area contributed by atoms with Gasteiger partial charge in [0.15, 0.2) is 0 Å². The number of aromatic nitrogens is 2. The quantitative estimate of drug-likeness (QED) is 0.868. The number of rotatable bonds is 4. The molecular weight excluding hydrogens is 318 g/mol. The van der Waals surface area contributed by atoms with Gasteiger partial charge >= 0.3 is 0 Å². The van der Waals surface area contributed by atoms with Gasteiger partial charge in [0.2, 0.25) is 5.91 Å². The fourth-order valence-corrected chi connectivity index (χ4v) is 4.42. The minimum absolute atomic E-state index is 0.0888. The first kappa shape index (κ1) is 17.0. The number of piperazine rings is 1. The number of H-pyrrole nitrogens is 1. The average molecular weight is 347 g/mol. The van der Waals surface area contributed by atoms with Gasteiger partial charge in [0.1, 0.15) is 0 Å². The second-order valence-electron chi connectivity index (χ2n) is 7.42. The molecule has 3 saturated heterocycles. The highest BCUT2D eigenvalue weighted by Gasteiger charge is 2.37. The van der Waals surface area contributed by atoms with Gasteiger partial charge in [0.05, 0.1) is 12.4 Å². The van der Waals surface area contributed by atoms with Crippen molar-refractivity contribution in [3.63, 3.8) is 0 Å². The molecule has 3 fully saturated rings. The molecule has 7 nitrogen and oxygen atoms in total. The van der Waals surface area contributed by atoms with Gasteiger partial charge in [-0.3, -0.25) is 14.6 Å². The van der Waals surface area contributed by atoms with E-state index in [-0.39, 0.29) is 6.04 Å². The third kappa shape index (κ3) is 3.88. The molecule has 0 saturated carbocycles. The fourth-order valence-electron chi connectivity index (χ4n) is 4.42. The Labute approximate surface area is 149 Å². The topological polar surface area (TPSA) is 64.7 Å². The van der Waals surface area contributed by atoms with Crippen LogP contribution < -0.4 is 0 Å². The van der Waals surface area contributed by atoms with Crippen LogP contribution in [0.15, 0.2) is 12.5 Å². The van der Waals surface area contributed by atoms with Crippen LogP contribution in [0.4, 0.5) is 0 Å². The number of aromatic amines is 1. The summed E-state index contributed by atoms with van der Waals surface area (Å²) in [6, 6.07) is 0.483. The Bertz CT molecular complexity index is 550. The van der Waals surface area contributed by atoms with Crippen molar-refractivity contribution in [3.05, 3.63) is 18.2 Å². The van der Waals surface area contributed by atoms with Crippen LogP contribution in [0, 0.1) is 0 Å². The Morgan fingerprint density at radius 3 is 2.64 bits per heavy atom. The van der Waals surface area contributed by atoms with E-state index >= 15 is 0 Å². The third-order valence-electron chi connectivity index (χ3n) is 5.87. The Morgan fingerprint density at radius 1 is 1.12 bits per heavy atom. The molecule has 0 aromatic carbocycles. The molecule has 4 rings (SSSR count). The standard InChI is InChI=1S/C18H29N5O2/c24-18-17(2-1-5-23(18)16-3-10-25-11-4-16)22-8-6-21(7-9-22)13-15-12-19-14-20-15/h12,14,16-17H,1-11,13H2,(H,19,20). The number of nitrogens with one attached hydrogen (secondary N) is 1. The van der Waals surface area contributed by atoms with Crippen LogP contribution >= 0.6 is 0 Å². The second-order valence-corrected chi connectivity index (χ2v) is 7.42. The molecule has 0 aliphatic carbocycles. The van der Waals surface area contributed by atoms with Crippen molar-refractivity contribution in [2.45, 2.75) is 44.3 Å². The number of carbonyl (C=O) groups is 1. The fraction of sp³-hybridized carbons (Fsp3) is 0.778. The van der Waals surface area contributed by atoms with Crippen molar-refractivity contribution in [2.75, 3.05) is 45.9 Å². The molecule has 3 aliphatic heterocycles. The van der Waals surface area contributed by atoms with Crippen LogP contribution in [-0.4, -0.2) is 88.6 Å². The SMILES string of the molecule is O=C1C(N2CCN(Cc3cnc[nH]3)CC2)CCCN1C1CCOCC1. The largest absolute Gasteiger partial charge is 0.381 e. The Hall–Kier alpha value is -1.44. The van der Waals surface area contributed by atoms with Crippen molar-refractivity contribution >= 4 is 5.91 Å². The summed E-state index contributed by atoms with van der Waals surface area (Å²) >= 11 is 0. The molecule has 3 aliphatic rings. The predicted molar refractivity (Wildman–Crippen MR) is 94.0 cm³/mol. The summed E-state index contributed by atoms with van der Waals surface area (Å²) in [5.74, 6) is 0.361. The number of piperidine rings is 1. The van der Waals surface area contributed by atoms with Gasteiger partial charge < -0.3 is 14.6 Å². The van der Waals surface area contributed by atoms with Gasteiger partial charge in [0.25, 0.3) is 0 Å². The molecule has 7 heteroatoms. The Balaban J connectivity index is 1.31. The molecular formula is C18H29N5O2. The first-order valence-corrected chi connectivity index (χ1v) is 9.63. The second kappa shape index (κ2) is 7.85. The number of amides is 1. The number of imidazole rings is 1. The molecule has 1 N–H and O–H groups in total. The first-order valence-electron chi connectivity index (χ1n) is 9.63. The maximum atomic E-state index is 13.1. The summed E-state index contributed by atoms with van der Waals surface area (Å²) in [6.07, 6.45) is 7.76. The molecule has 1 atom stereocenters. The van der Waals surface area contributed by atoms with E-state index in [2.05, 4.69) is 24.7 Å². The first-order chi connectivity index (χ1) is 12.3. The predicted octanol–water partition coefficient (Wildman–Crippen LogP) is 0.697. The average Bonchev–Trinajstić information content (AvgIpc) is 3.17. The van der Waals surface area contributed by atoms with Crippen LogP contribution in [0.5, 0.6) is 0 Å². The van der Waals surface area contributed by atoms with Crippen molar-refractivity contribution in [1.29, 1.82) is 0 Å². The molecule has 138 valence electrons. The molecule has 0 bridgehead atoms. The Morgan fingerprint density at radius 2 is 1.92 bits per heavy atom. The summed E-state index contributed by atoms with van der Waals surface area (Å²) in [4.78, 5) is 27.3. The zero-order valence-corrected chi connectivity index (χ0v) is 14.9. The van der Waals surface area contributed by atoms with Crippen molar-refractivity contribution < 1.29 is 9.53 Å². The lowest BCUT2D eigenvalue weighted by Gasteiger charge is -2.45. The van der Waals surface area contributed by atoms with E-state index in [1.165, 1.54) is 0 Å². The number of likely N-dealkylation sites (tertiary alicyclic amines) is 1. The van der Waals surface area contributed by atoms with E-state index in [9.17, 15) is 4.79 Å². The molecule has 1 aromatic rings. The molecule has 25 heavy (non-hydrogen) atoms. The molecule has 1 unspecified atom stereocenters. The maximum Gasteiger partial charge on any atom is 0.240 e. The number of carbonyl (C=O) groups excluding carboxylic acids is 1. The highest BCUT2D eigenvalue weighted by Crippen LogP contribution is 2.24. The van der Waals surface area contributed by atoms with Gasteiger partial charge in [0, 0.05) is 70.4 Å². The Kier molecular flexibility index (Phi) is 5.33. The van der Waals surface area contributed by atoms with E-state index < -0.39 is 0 Å². The maximum absolute atomic E-state index is 13.1. The summed E-state index contributed by atoms with van der Waals surface area (Å²) in [7, 11) is 0. The molecule has 1 amide bonds. The molecule has 0 radical (unpaired) electrons. The van der Waals surface area contributed by atoms with E-state index in [4.69, 9.17) is 4.74 Å².